The summed E-state index contributed by atoms with van der Waals surface area (Å²) < 4.78 is 6.01. The zero-order valence-electron chi connectivity index (χ0n) is 11.2. The summed E-state index contributed by atoms with van der Waals surface area (Å²) in [4.78, 5) is 24.8. The third-order valence-corrected chi connectivity index (χ3v) is 5.13. The molecule has 1 aliphatic heterocycles. The van der Waals surface area contributed by atoms with Gasteiger partial charge in [0.2, 0.25) is 0 Å². The zero-order valence-corrected chi connectivity index (χ0v) is 14.4. The number of nitrogens with one attached hydrogen (secondary N) is 1. The molecule has 0 bridgehead atoms. The highest BCUT2D eigenvalue weighted by Gasteiger charge is 2.32. The molecule has 0 saturated carbocycles. The van der Waals surface area contributed by atoms with Gasteiger partial charge in [-0.25, -0.2) is 4.79 Å². The Morgan fingerprint density at radius 3 is 2.57 bits per heavy atom. The molecule has 2 N–H and O–H groups in total. The Kier molecular flexibility index (Phi) is 4.58. The van der Waals surface area contributed by atoms with Crippen LogP contribution < -0.4 is 10.1 Å². The molecule has 112 valence electrons. The lowest BCUT2D eigenvalue weighted by Gasteiger charge is -2.10. The van der Waals surface area contributed by atoms with Crippen molar-refractivity contribution in [3.63, 3.8) is 0 Å². The summed E-state index contributed by atoms with van der Waals surface area (Å²) in [7, 11) is 1.42. The van der Waals surface area contributed by atoms with E-state index in [-0.39, 0.29) is 17.2 Å². The van der Waals surface area contributed by atoms with Gasteiger partial charge < -0.3 is 15.2 Å². The van der Waals surface area contributed by atoms with Crippen LogP contribution in [-0.2, 0) is 4.79 Å². The Morgan fingerprint density at radius 1 is 1.38 bits per heavy atom. The third kappa shape index (κ3) is 2.77. The summed E-state index contributed by atoms with van der Waals surface area (Å²) >= 11 is 6.56. The summed E-state index contributed by atoms with van der Waals surface area (Å²) in [5.41, 5.74) is 0.750. The Balaban J connectivity index is 2.49. The average molecular weight is 420 g/mol. The van der Waals surface area contributed by atoms with Crippen molar-refractivity contribution in [1.82, 2.24) is 10.2 Å². The molecule has 0 radical (unpaired) electrons. The van der Waals surface area contributed by atoms with E-state index in [9.17, 15) is 14.7 Å². The number of likely N-dealkylation sites (N-methyl/N-ethyl adjacent to an activating group) is 1. The Hall–Kier alpha value is -1.54. The number of methoxy groups -OCH3 is 1. The van der Waals surface area contributed by atoms with Crippen molar-refractivity contribution < 1.29 is 19.4 Å². The van der Waals surface area contributed by atoms with E-state index in [0.717, 1.165) is 4.90 Å². The molecule has 2 rings (SSSR count). The number of nitrogens with zero attached hydrogens (tertiary/aromatic N) is 1. The standard InChI is InChI=1S/C13H12Br2N2O4/c1-3-17-12(19)7(16-13(17)20)4-6-5-8(21-2)11(18)10(15)9(6)14/h4-5,18H,3H2,1-2H3,(H,16,20)/b7-4+. The number of urea groups is 1. The molecule has 0 aliphatic carbocycles. The van der Waals surface area contributed by atoms with Crippen LogP contribution in [0.15, 0.2) is 20.7 Å². The molecule has 0 aromatic heterocycles. The van der Waals surface area contributed by atoms with E-state index in [4.69, 9.17) is 4.74 Å². The van der Waals surface area contributed by atoms with E-state index < -0.39 is 11.9 Å². The first kappa shape index (κ1) is 15.8. The van der Waals surface area contributed by atoms with Crippen LogP contribution in [0.4, 0.5) is 4.79 Å². The monoisotopic (exact) mass is 418 g/mol. The molecule has 1 aromatic carbocycles. The number of hydrogen-bond donors (Lipinski definition) is 2. The number of aromatic hydroxyl groups is 1. The van der Waals surface area contributed by atoms with Crippen LogP contribution in [0.25, 0.3) is 6.08 Å². The van der Waals surface area contributed by atoms with Crippen molar-refractivity contribution in [2.45, 2.75) is 6.92 Å². The Morgan fingerprint density at radius 2 is 2.05 bits per heavy atom. The fourth-order valence-corrected chi connectivity index (χ4v) is 2.73. The van der Waals surface area contributed by atoms with Gasteiger partial charge in [0.05, 0.1) is 11.6 Å². The maximum atomic E-state index is 12.0. The molecule has 0 atom stereocenters. The Labute approximate surface area is 138 Å². The van der Waals surface area contributed by atoms with E-state index in [1.54, 1.807) is 13.0 Å². The summed E-state index contributed by atoms with van der Waals surface area (Å²) in [5, 5.41) is 12.4. The van der Waals surface area contributed by atoms with Gasteiger partial charge in [0.15, 0.2) is 11.5 Å². The quantitative estimate of drug-likeness (QED) is 0.583. The number of ether oxygens (including phenoxy) is 1. The highest BCUT2D eigenvalue weighted by molar-refractivity contribution is 9.13. The number of carbonyl (C=O) groups is 2. The van der Waals surface area contributed by atoms with Crippen LogP contribution in [0.2, 0.25) is 0 Å². The predicted molar refractivity (Wildman–Crippen MR) is 84.0 cm³/mol. The predicted octanol–water partition coefficient (Wildman–Crippen LogP) is 2.84. The van der Waals surface area contributed by atoms with Crippen LogP contribution in [0, 0.1) is 0 Å². The van der Waals surface area contributed by atoms with Crippen molar-refractivity contribution in [2.24, 2.45) is 0 Å². The maximum absolute atomic E-state index is 12.0. The summed E-state index contributed by atoms with van der Waals surface area (Å²) in [6.45, 7) is 2.02. The number of carbonyl (C=O) groups excluding carboxylic acids is 2. The smallest absolute Gasteiger partial charge is 0.328 e. The highest BCUT2D eigenvalue weighted by atomic mass is 79.9. The fraction of sp³-hybridized carbons (Fsp3) is 0.231. The van der Waals surface area contributed by atoms with E-state index in [0.29, 0.717) is 21.1 Å². The summed E-state index contributed by atoms with van der Waals surface area (Å²) in [6, 6.07) is 1.11. The number of phenolic OH excluding ortho intramolecular Hbond substituents is 1. The van der Waals surface area contributed by atoms with Crippen molar-refractivity contribution in [3.05, 3.63) is 26.3 Å². The lowest BCUT2D eigenvalue weighted by Crippen LogP contribution is -2.30. The molecule has 0 spiro atoms. The molecule has 6 nitrogen and oxygen atoms in total. The molecule has 8 heteroatoms. The van der Waals surface area contributed by atoms with Gasteiger partial charge >= 0.3 is 6.03 Å². The minimum atomic E-state index is -0.449. The Bertz CT molecular complexity index is 658. The second-order valence-electron chi connectivity index (χ2n) is 4.18. The molecular formula is C13H12Br2N2O4. The topological polar surface area (TPSA) is 78.9 Å². The van der Waals surface area contributed by atoms with Gasteiger partial charge in [-0.2, -0.15) is 0 Å². The normalized spacial score (nSPS) is 16.6. The second-order valence-corrected chi connectivity index (χ2v) is 5.77. The van der Waals surface area contributed by atoms with Gasteiger partial charge in [-0.05, 0) is 56.5 Å². The fourth-order valence-electron chi connectivity index (χ4n) is 1.89. The molecule has 1 saturated heterocycles. The maximum Gasteiger partial charge on any atom is 0.328 e. The van der Waals surface area contributed by atoms with Crippen LogP contribution in [0.1, 0.15) is 12.5 Å². The minimum Gasteiger partial charge on any atom is -0.503 e. The number of benzene rings is 1. The van der Waals surface area contributed by atoms with Crippen LogP contribution in [-0.4, -0.2) is 35.6 Å². The molecule has 3 amide bonds. The zero-order chi connectivity index (χ0) is 15.7. The first-order valence-corrected chi connectivity index (χ1v) is 7.58. The van der Waals surface area contributed by atoms with E-state index in [2.05, 4.69) is 37.2 Å². The first-order chi connectivity index (χ1) is 9.90. The molecule has 21 heavy (non-hydrogen) atoms. The summed E-state index contributed by atoms with van der Waals surface area (Å²) in [6.07, 6.45) is 1.52. The number of imide groups is 1. The minimum absolute atomic E-state index is 0.0523. The number of hydrogen-bond acceptors (Lipinski definition) is 4. The SMILES string of the molecule is CCN1C(=O)N/C(=C/c2cc(OC)c(O)c(Br)c2Br)C1=O. The van der Waals surface area contributed by atoms with E-state index in [1.807, 2.05) is 0 Å². The second kappa shape index (κ2) is 6.07. The highest BCUT2D eigenvalue weighted by Crippen LogP contribution is 2.42. The molecular weight excluding hydrogens is 408 g/mol. The number of amides is 3. The van der Waals surface area contributed by atoms with Gasteiger partial charge in [0, 0.05) is 11.0 Å². The number of rotatable bonds is 3. The largest absolute Gasteiger partial charge is 0.503 e. The molecule has 1 aromatic rings. The van der Waals surface area contributed by atoms with E-state index >= 15 is 0 Å². The third-order valence-electron chi connectivity index (χ3n) is 2.97. The van der Waals surface area contributed by atoms with Gasteiger partial charge in [0.25, 0.3) is 5.91 Å². The molecule has 1 aliphatic rings. The summed E-state index contributed by atoms with van der Waals surface area (Å²) in [5.74, 6) is -0.192. The number of phenols is 1. The van der Waals surface area contributed by atoms with Gasteiger partial charge in [-0.1, -0.05) is 0 Å². The van der Waals surface area contributed by atoms with Crippen molar-refractivity contribution in [2.75, 3.05) is 13.7 Å². The first-order valence-electron chi connectivity index (χ1n) is 6.00. The average Bonchev–Trinajstić information content (AvgIpc) is 2.73. The van der Waals surface area contributed by atoms with Gasteiger partial charge in [0.1, 0.15) is 5.70 Å². The van der Waals surface area contributed by atoms with Gasteiger partial charge in [-0.15, -0.1) is 0 Å². The van der Waals surface area contributed by atoms with E-state index in [1.165, 1.54) is 13.2 Å². The number of halogens is 2. The lowest BCUT2D eigenvalue weighted by atomic mass is 10.1. The van der Waals surface area contributed by atoms with Crippen LogP contribution in [0.5, 0.6) is 11.5 Å². The van der Waals surface area contributed by atoms with Crippen LogP contribution >= 0.6 is 31.9 Å². The van der Waals surface area contributed by atoms with Crippen molar-refractivity contribution in [1.29, 1.82) is 0 Å². The van der Waals surface area contributed by atoms with Crippen molar-refractivity contribution >= 4 is 49.9 Å². The molecule has 0 unspecified atom stereocenters. The van der Waals surface area contributed by atoms with Crippen LogP contribution in [0.3, 0.4) is 0 Å². The van der Waals surface area contributed by atoms with Crippen molar-refractivity contribution in [3.8, 4) is 11.5 Å². The van der Waals surface area contributed by atoms with Gasteiger partial charge in [-0.3, -0.25) is 9.69 Å². The lowest BCUT2D eigenvalue weighted by molar-refractivity contribution is -0.122. The molecule has 1 fully saturated rings. The molecule has 1 heterocycles.